The summed E-state index contributed by atoms with van der Waals surface area (Å²) in [4.78, 5) is 21.6. The molecule has 0 saturated heterocycles. The normalized spacial score (nSPS) is 10.6. The summed E-state index contributed by atoms with van der Waals surface area (Å²) in [5.74, 6) is -1.68. The third kappa shape index (κ3) is 3.09. The van der Waals surface area contributed by atoms with Gasteiger partial charge in [0.2, 0.25) is 0 Å². The summed E-state index contributed by atoms with van der Waals surface area (Å²) < 4.78 is 0.507. The summed E-state index contributed by atoms with van der Waals surface area (Å²) in [5.41, 5.74) is 5.92. The van der Waals surface area contributed by atoms with E-state index in [2.05, 4.69) is 0 Å². The van der Waals surface area contributed by atoms with Gasteiger partial charge in [-0.1, -0.05) is 23.2 Å². The van der Waals surface area contributed by atoms with Crippen molar-refractivity contribution in [3.63, 3.8) is 0 Å². The smallest absolute Gasteiger partial charge is 0.337 e. The van der Waals surface area contributed by atoms with Crippen molar-refractivity contribution in [1.82, 2.24) is 0 Å². The minimum atomic E-state index is -1.23. The molecular formula is C10H8Cl2INO3. The van der Waals surface area contributed by atoms with Gasteiger partial charge in [-0.15, -0.1) is 0 Å². The highest BCUT2D eigenvalue weighted by atomic mass is 127. The lowest BCUT2D eigenvalue weighted by molar-refractivity contribution is 0.0694. The van der Waals surface area contributed by atoms with E-state index >= 15 is 0 Å². The molecule has 92 valence electrons. The minimum Gasteiger partial charge on any atom is -0.478 e. The number of nitrogens with two attached hydrogens (primary N) is 1. The lowest BCUT2D eigenvalue weighted by Gasteiger charge is -2.12. The van der Waals surface area contributed by atoms with E-state index in [-0.39, 0.29) is 23.2 Å². The van der Waals surface area contributed by atoms with E-state index in [4.69, 9.17) is 34.0 Å². The fourth-order valence-corrected chi connectivity index (χ4v) is 2.38. The predicted octanol–water partition coefficient (Wildman–Crippen LogP) is 2.43. The standard InChI is InChI=1S/C10H8Cl2INO3/c11-9(12)8(15)4-1-2-6(13)7(10(16)17)5(4)3-14/h1-2,9H,3,14H2,(H,16,17). The number of carbonyl (C=O) groups is 2. The van der Waals surface area contributed by atoms with Gasteiger partial charge in [0, 0.05) is 15.7 Å². The van der Waals surface area contributed by atoms with E-state index in [9.17, 15) is 9.59 Å². The molecule has 1 rings (SSSR count). The Morgan fingerprint density at radius 3 is 2.41 bits per heavy atom. The fourth-order valence-electron chi connectivity index (χ4n) is 1.41. The summed E-state index contributed by atoms with van der Waals surface area (Å²) >= 11 is 12.8. The topological polar surface area (TPSA) is 80.4 Å². The second kappa shape index (κ2) is 5.99. The summed E-state index contributed by atoms with van der Waals surface area (Å²) in [6.07, 6.45) is 0. The van der Waals surface area contributed by atoms with Gasteiger partial charge in [0.1, 0.15) is 0 Å². The first kappa shape index (κ1) is 14.7. The zero-order valence-electron chi connectivity index (χ0n) is 8.41. The van der Waals surface area contributed by atoms with Gasteiger partial charge in [0.15, 0.2) is 10.6 Å². The molecule has 0 spiro atoms. The summed E-state index contributed by atoms with van der Waals surface area (Å²) in [5, 5.41) is 9.08. The SMILES string of the molecule is NCc1c(C(=O)C(Cl)Cl)ccc(I)c1C(=O)O. The first-order valence-corrected chi connectivity index (χ1v) is 6.42. The number of Topliss-reactive ketones (excluding diaryl/α,β-unsaturated/α-hetero) is 1. The van der Waals surface area contributed by atoms with E-state index in [0.29, 0.717) is 3.57 Å². The first-order valence-electron chi connectivity index (χ1n) is 4.47. The van der Waals surface area contributed by atoms with Gasteiger partial charge in [0.05, 0.1) is 5.56 Å². The number of aromatic carboxylic acids is 1. The molecular weight excluding hydrogens is 380 g/mol. The summed E-state index contributed by atoms with van der Waals surface area (Å²) in [6.45, 7) is -0.0694. The van der Waals surface area contributed by atoms with Gasteiger partial charge < -0.3 is 10.8 Å². The zero-order valence-corrected chi connectivity index (χ0v) is 12.1. The molecule has 0 fully saturated rings. The van der Waals surface area contributed by atoms with E-state index < -0.39 is 16.6 Å². The number of carboxylic acids is 1. The van der Waals surface area contributed by atoms with Crippen LogP contribution in [0.1, 0.15) is 26.3 Å². The van der Waals surface area contributed by atoms with E-state index in [1.807, 2.05) is 22.6 Å². The van der Waals surface area contributed by atoms with Crippen LogP contribution in [0.25, 0.3) is 0 Å². The number of hydrogen-bond acceptors (Lipinski definition) is 3. The van der Waals surface area contributed by atoms with Gasteiger partial charge in [-0.25, -0.2) is 4.79 Å². The van der Waals surface area contributed by atoms with Crippen molar-refractivity contribution in [2.24, 2.45) is 5.73 Å². The molecule has 0 radical (unpaired) electrons. The fraction of sp³-hybridized carbons (Fsp3) is 0.200. The molecule has 7 heteroatoms. The van der Waals surface area contributed by atoms with Crippen LogP contribution in [0.5, 0.6) is 0 Å². The molecule has 4 nitrogen and oxygen atoms in total. The molecule has 0 amide bonds. The van der Waals surface area contributed by atoms with Crippen molar-refractivity contribution in [2.75, 3.05) is 0 Å². The maximum absolute atomic E-state index is 11.7. The van der Waals surface area contributed by atoms with E-state index in [0.717, 1.165) is 0 Å². The number of hydrogen-bond donors (Lipinski definition) is 2. The average Bonchev–Trinajstić information content (AvgIpc) is 2.26. The molecule has 1 aromatic rings. The van der Waals surface area contributed by atoms with Crippen LogP contribution < -0.4 is 5.73 Å². The number of rotatable bonds is 4. The molecule has 0 aliphatic rings. The number of carbonyl (C=O) groups excluding carboxylic acids is 1. The van der Waals surface area contributed by atoms with Gasteiger partial charge >= 0.3 is 5.97 Å². The van der Waals surface area contributed by atoms with E-state index in [1.165, 1.54) is 12.1 Å². The molecule has 0 saturated carbocycles. The highest BCUT2D eigenvalue weighted by molar-refractivity contribution is 14.1. The number of halogens is 3. The second-order valence-electron chi connectivity index (χ2n) is 3.12. The number of benzene rings is 1. The largest absolute Gasteiger partial charge is 0.478 e. The van der Waals surface area contributed by atoms with Crippen LogP contribution in [0.2, 0.25) is 0 Å². The van der Waals surface area contributed by atoms with Crippen molar-refractivity contribution >= 4 is 57.5 Å². The van der Waals surface area contributed by atoms with Crippen molar-refractivity contribution < 1.29 is 14.7 Å². The van der Waals surface area contributed by atoms with Gasteiger partial charge in [-0.05, 0) is 40.3 Å². The van der Waals surface area contributed by atoms with Crippen LogP contribution in [0.3, 0.4) is 0 Å². The highest BCUT2D eigenvalue weighted by Crippen LogP contribution is 2.24. The van der Waals surface area contributed by atoms with Crippen molar-refractivity contribution in [2.45, 2.75) is 11.4 Å². The molecule has 0 bridgehead atoms. The third-order valence-corrected chi connectivity index (χ3v) is 3.44. The van der Waals surface area contributed by atoms with Crippen LogP contribution >= 0.6 is 45.8 Å². The number of ketones is 1. The van der Waals surface area contributed by atoms with Gasteiger partial charge in [-0.2, -0.15) is 0 Å². The Balaban J connectivity index is 3.49. The Morgan fingerprint density at radius 2 is 2.00 bits per heavy atom. The van der Waals surface area contributed by atoms with Crippen molar-refractivity contribution in [1.29, 1.82) is 0 Å². The van der Waals surface area contributed by atoms with Crippen LogP contribution in [0.4, 0.5) is 0 Å². The first-order chi connectivity index (χ1) is 7.90. The predicted molar refractivity (Wildman–Crippen MR) is 73.8 cm³/mol. The van der Waals surface area contributed by atoms with Crippen LogP contribution in [-0.4, -0.2) is 21.7 Å². The molecule has 3 N–H and O–H groups in total. The maximum Gasteiger partial charge on any atom is 0.337 e. The molecule has 0 atom stereocenters. The molecule has 0 heterocycles. The lowest BCUT2D eigenvalue weighted by atomic mass is 9.98. The second-order valence-corrected chi connectivity index (χ2v) is 5.38. The number of carboxylic acid groups (broad SMARTS) is 1. The molecule has 1 aromatic carbocycles. The molecule has 0 unspecified atom stereocenters. The summed E-state index contributed by atoms with van der Waals surface area (Å²) in [7, 11) is 0. The summed E-state index contributed by atoms with van der Waals surface area (Å²) in [6, 6.07) is 3.00. The molecule has 17 heavy (non-hydrogen) atoms. The highest BCUT2D eigenvalue weighted by Gasteiger charge is 2.23. The number of alkyl halides is 2. The van der Waals surface area contributed by atoms with Gasteiger partial charge in [-0.3, -0.25) is 4.79 Å². The van der Waals surface area contributed by atoms with Crippen LogP contribution in [0.15, 0.2) is 12.1 Å². The van der Waals surface area contributed by atoms with Gasteiger partial charge in [0.25, 0.3) is 0 Å². The quantitative estimate of drug-likeness (QED) is 0.472. The third-order valence-electron chi connectivity index (χ3n) is 2.14. The molecule has 0 aliphatic carbocycles. The molecule has 0 aromatic heterocycles. The van der Waals surface area contributed by atoms with Crippen molar-refractivity contribution in [3.8, 4) is 0 Å². The Hall–Kier alpha value is -0.370. The average molecular weight is 388 g/mol. The maximum atomic E-state index is 11.7. The zero-order chi connectivity index (χ0) is 13.2. The van der Waals surface area contributed by atoms with Crippen molar-refractivity contribution in [3.05, 3.63) is 32.4 Å². The van der Waals surface area contributed by atoms with E-state index in [1.54, 1.807) is 0 Å². The van der Waals surface area contributed by atoms with Crippen LogP contribution in [0, 0.1) is 3.57 Å². The Kier molecular flexibility index (Phi) is 5.18. The minimum absolute atomic E-state index is 0.0212. The Labute approximate surface area is 121 Å². The Morgan fingerprint density at radius 1 is 1.41 bits per heavy atom. The van der Waals surface area contributed by atoms with Crippen LogP contribution in [-0.2, 0) is 6.54 Å². The Bertz CT molecular complexity index is 477. The monoisotopic (exact) mass is 387 g/mol. The molecule has 0 aliphatic heterocycles. The lowest BCUT2D eigenvalue weighted by Crippen LogP contribution is -2.18.